The molecule has 1 amide bonds. The van der Waals surface area contributed by atoms with Gasteiger partial charge in [0.15, 0.2) is 6.10 Å². The summed E-state index contributed by atoms with van der Waals surface area (Å²) in [6.45, 7) is 5.34. The maximum absolute atomic E-state index is 12.9. The number of carbonyl (C=O) groups is 1. The number of rotatable bonds is 2. The highest BCUT2D eigenvalue weighted by molar-refractivity contribution is 5.82. The highest BCUT2D eigenvalue weighted by atomic mass is 16.5. The van der Waals surface area contributed by atoms with Gasteiger partial charge in [-0.05, 0) is 38.3 Å². The third-order valence-corrected chi connectivity index (χ3v) is 4.88. The number of amides is 1. The van der Waals surface area contributed by atoms with Crippen molar-refractivity contribution >= 4 is 5.91 Å². The number of hydrogen-bond acceptors (Lipinski definition) is 4. The zero-order valence-corrected chi connectivity index (χ0v) is 14.1. The first-order valence-corrected chi connectivity index (χ1v) is 8.55. The Bertz CT molecular complexity index is 745. The van der Waals surface area contributed by atoms with Crippen LogP contribution in [-0.2, 0) is 11.2 Å². The number of para-hydroxylation sites is 1. The van der Waals surface area contributed by atoms with E-state index in [9.17, 15) is 4.79 Å². The second kappa shape index (κ2) is 5.92. The maximum atomic E-state index is 12.9. The SMILES string of the molecule is Cc1nc(C)n([C@H]2CCCN(C(=O)[C@H]3Cc4ccccc4O3)C2)n1. The summed E-state index contributed by atoms with van der Waals surface area (Å²) in [6.07, 6.45) is 2.28. The van der Waals surface area contributed by atoms with E-state index >= 15 is 0 Å². The van der Waals surface area contributed by atoms with Gasteiger partial charge >= 0.3 is 0 Å². The van der Waals surface area contributed by atoms with Crippen LogP contribution in [-0.4, -0.2) is 44.8 Å². The monoisotopic (exact) mass is 326 g/mol. The molecular weight excluding hydrogens is 304 g/mol. The van der Waals surface area contributed by atoms with E-state index < -0.39 is 0 Å². The van der Waals surface area contributed by atoms with Crippen molar-refractivity contribution in [2.45, 2.75) is 45.3 Å². The lowest BCUT2D eigenvalue weighted by Crippen LogP contribution is -2.47. The predicted molar refractivity (Wildman–Crippen MR) is 88.9 cm³/mol. The Kier molecular flexibility index (Phi) is 3.75. The first-order valence-electron chi connectivity index (χ1n) is 8.55. The number of ether oxygens (including phenoxy) is 1. The summed E-state index contributed by atoms with van der Waals surface area (Å²) in [5.74, 6) is 2.62. The Labute approximate surface area is 141 Å². The van der Waals surface area contributed by atoms with Crippen molar-refractivity contribution in [2.75, 3.05) is 13.1 Å². The third-order valence-electron chi connectivity index (χ3n) is 4.88. The lowest BCUT2D eigenvalue weighted by Gasteiger charge is -2.34. The molecule has 6 nitrogen and oxygen atoms in total. The summed E-state index contributed by atoms with van der Waals surface area (Å²) in [6, 6.07) is 8.10. The van der Waals surface area contributed by atoms with Gasteiger partial charge in [0.1, 0.15) is 17.4 Å². The van der Waals surface area contributed by atoms with E-state index in [0.717, 1.165) is 42.3 Å². The van der Waals surface area contributed by atoms with Gasteiger partial charge in [-0.3, -0.25) is 4.79 Å². The molecule has 4 rings (SSSR count). The molecule has 126 valence electrons. The van der Waals surface area contributed by atoms with Gasteiger partial charge in [0, 0.05) is 19.5 Å². The minimum atomic E-state index is -0.389. The average molecular weight is 326 g/mol. The molecule has 24 heavy (non-hydrogen) atoms. The minimum Gasteiger partial charge on any atom is -0.480 e. The van der Waals surface area contributed by atoms with Crippen molar-refractivity contribution in [3.63, 3.8) is 0 Å². The summed E-state index contributed by atoms with van der Waals surface area (Å²) in [5.41, 5.74) is 1.12. The molecule has 0 aliphatic carbocycles. The average Bonchev–Trinajstić information content (AvgIpc) is 3.17. The van der Waals surface area contributed by atoms with Gasteiger partial charge in [-0.15, -0.1) is 0 Å². The number of fused-ring (bicyclic) bond motifs is 1. The number of likely N-dealkylation sites (tertiary alicyclic amines) is 1. The van der Waals surface area contributed by atoms with Gasteiger partial charge in [0.2, 0.25) is 0 Å². The molecule has 1 aromatic carbocycles. The van der Waals surface area contributed by atoms with Gasteiger partial charge < -0.3 is 9.64 Å². The molecule has 6 heteroatoms. The summed E-state index contributed by atoms with van der Waals surface area (Å²) in [5, 5.41) is 4.49. The van der Waals surface area contributed by atoms with Crippen molar-refractivity contribution in [3.05, 3.63) is 41.5 Å². The third kappa shape index (κ3) is 2.66. The lowest BCUT2D eigenvalue weighted by molar-refractivity contribution is -0.139. The molecule has 0 bridgehead atoms. The number of benzene rings is 1. The van der Waals surface area contributed by atoms with Gasteiger partial charge in [-0.1, -0.05) is 18.2 Å². The number of aromatic nitrogens is 3. The number of hydrogen-bond donors (Lipinski definition) is 0. The van der Waals surface area contributed by atoms with Crippen LogP contribution in [0.5, 0.6) is 5.75 Å². The quantitative estimate of drug-likeness (QED) is 0.847. The molecule has 0 unspecified atom stereocenters. The van der Waals surface area contributed by atoms with Crippen molar-refractivity contribution in [1.29, 1.82) is 0 Å². The smallest absolute Gasteiger partial charge is 0.264 e. The van der Waals surface area contributed by atoms with E-state index in [0.29, 0.717) is 13.0 Å². The molecule has 2 atom stereocenters. The fourth-order valence-corrected chi connectivity index (χ4v) is 3.76. The summed E-state index contributed by atoms with van der Waals surface area (Å²) in [7, 11) is 0. The minimum absolute atomic E-state index is 0.0883. The van der Waals surface area contributed by atoms with Crippen LogP contribution >= 0.6 is 0 Å². The zero-order chi connectivity index (χ0) is 16.7. The molecule has 2 aliphatic heterocycles. The van der Waals surface area contributed by atoms with Crippen molar-refractivity contribution < 1.29 is 9.53 Å². The number of nitrogens with zero attached hydrogens (tertiary/aromatic N) is 4. The topological polar surface area (TPSA) is 60.2 Å². The lowest BCUT2D eigenvalue weighted by atomic mass is 10.0. The van der Waals surface area contributed by atoms with Crippen molar-refractivity contribution in [2.24, 2.45) is 0 Å². The molecule has 0 radical (unpaired) electrons. The highest BCUT2D eigenvalue weighted by Crippen LogP contribution is 2.30. The van der Waals surface area contributed by atoms with Crippen LogP contribution in [0.25, 0.3) is 0 Å². The molecule has 2 aromatic rings. The highest BCUT2D eigenvalue weighted by Gasteiger charge is 2.35. The van der Waals surface area contributed by atoms with Crippen LogP contribution in [0.15, 0.2) is 24.3 Å². The largest absolute Gasteiger partial charge is 0.480 e. The number of aryl methyl sites for hydroxylation is 2. The van der Waals surface area contributed by atoms with Crippen molar-refractivity contribution in [1.82, 2.24) is 19.7 Å². The van der Waals surface area contributed by atoms with Crippen LogP contribution in [0, 0.1) is 13.8 Å². The molecule has 1 aromatic heterocycles. The second-order valence-corrected chi connectivity index (χ2v) is 6.65. The Morgan fingerprint density at radius 1 is 1.29 bits per heavy atom. The molecular formula is C18H22N4O2. The van der Waals surface area contributed by atoms with Crippen LogP contribution in [0.3, 0.4) is 0 Å². The first kappa shape index (κ1) is 15.2. The maximum Gasteiger partial charge on any atom is 0.264 e. The molecule has 1 saturated heterocycles. The second-order valence-electron chi connectivity index (χ2n) is 6.65. The first-order chi connectivity index (χ1) is 11.6. The Morgan fingerprint density at radius 3 is 2.88 bits per heavy atom. The summed E-state index contributed by atoms with van der Waals surface area (Å²) in [4.78, 5) is 19.2. The number of piperidine rings is 1. The molecule has 1 fully saturated rings. The van der Waals surface area contributed by atoms with E-state index in [4.69, 9.17) is 4.74 Å². The molecule has 0 saturated carbocycles. The standard InChI is InChI=1S/C18H22N4O2/c1-12-19-13(2)22(20-12)15-7-5-9-21(11-15)18(23)17-10-14-6-3-4-8-16(14)24-17/h3-4,6,8,15,17H,5,7,9-11H2,1-2H3/t15-,17+/m0/s1. The molecule has 0 N–H and O–H groups in total. The normalized spacial score (nSPS) is 23.0. The van der Waals surface area contributed by atoms with Gasteiger partial charge in [-0.25, -0.2) is 9.67 Å². The Morgan fingerprint density at radius 2 is 2.12 bits per heavy atom. The predicted octanol–water partition coefficient (Wildman–Crippen LogP) is 2.06. The number of carbonyl (C=O) groups excluding carboxylic acids is 1. The fourth-order valence-electron chi connectivity index (χ4n) is 3.76. The van der Waals surface area contributed by atoms with Crippen LogP contribution in [0.1, 0.15) is 36.1 Å². The summed E-state index contributed by atoms with van der Waals surface area (Å²) >= 11 is 0. The van der Waals surface area contributed by atoms with E-state index in [1.165, 1.54) is 0 Å². The van der Waals surface area contributed by atoms with Crippen molar-refractivity contribution in [3.8, 4) is 5.75 Å². The van der Waals surface area contributed by atoms with Crippen LogP contribution < -0.4 is 4.74 Å². The zero-order valence-electron chi connectivity index (χ0n) is 14.1. The van der Waals surface area contributed by atoms with E-state index in [2.05, 4.69) is 10.1 Å². The van der Waals surface area contributed by atoms with Crippen LogP contribution in [0.2, 0.25) is 0 Å². The van der Waals surface area contributed by atoms with E-state index in [1.807, 2.05) is 47.7 Å². The fraction of sp³-hybridized carbons (Fsp3) is 0.500. The van der Waals surface area contributed by atoms with Gasteiger partial charge in [-0.2, -0.15) is 5.10 Å². The summed E-state index contributed by atoms with van der Waals surface area (Å²) < 4.78 is 7.84. The van der Waals surface area contributed by atoms with E-state index in [1.54, 1.807) is 0 Å². The van der Waals surface area contributed by atoms with E-state index in [-0.39, 0.29) is 18.1 Å². The Hall–Kier alpha value is -2.37. The molecule has 0 spiro atoms. The Balaban J connectivity index is 1.47. The molecule has 2 aliphatic rings. The van der Waals surface area contributed by atoms with Gasteiger partial charge in [0.25, 0.3) is 5.91 Å². The van der Waals surface area contributed by atoms with Crippen LogP contribution in [0.4, 0.5) is 0 Å². The van der Waals surface area contributed by atoms with Gasteiger partial charge in [0.05, 0.1) is 6.04 Å². The molecule has 3 heterocycles.